The minimum atomic E-state index is -4.64. The van der Waals surface area contributed by atoms with Crippen LogP contribution in [0.5, 0.6) is 0 Å². The zero-order chi connectivity index (χ0) is 8.08. The van der Waals surface area contributed by atoms with Gasteiger partial charge in [0.2, 0.25) is 0 Å². The van der Waals surface area contributed by atoms with Gasteiger partial charge in [-0.1, -0.05) is 0 Å². The van der Waals surface area contributed by atoms with Gasteiger partial charge in [0.05, 0.1) is 0 Å². The second-order valence-electron chi connectivity index (χ2n) is 0.796. The van der Waals surface area contributed by atoms with Crippen LogP contribution in [0.3, 0.4) is 0 Å². The third-order valence-corrected chi connectivity index (χ3v) is 0. The Hall–Kier alpha value is 0.601. The second-order valence-corrected chi connectivity index (χ2v) is 1.82. The Kier molecular flexibility index (Phi) is 21.7. The van der Waals surface area contributed by atoms with E-state index in [9.17, 15) is 0 Å². The van der Waals surface area contributed by atoms with E-state index in [1.54, 1.807) is 0 Å². The molecule has 5 N–H and O–H groups in total. The molecule has 0 aliphatic rings. The van der Waals surface area contributed by atoms with Crippen LogP contribution in [-0.4, -0.2) is 49.9 Å². The van der Waals surface area contributed by atoms with E-state index in [-0.39, 0.29) is 38.3 Å². The summed E-state index contributed by atoms with van der Waals surface area (Å²) >= 11 is 0. The van der Waals surface area contributed by atoms with Crippen LogP contribution in [0.25, 0.3) is 0 Å². The van der Waals surface area contributed by atoms with Gasteiger partial charge in [0.15, 0.2) is 0 Å². The van der Waals surface area contributed by atoms with Crippen molar-refractivity contribution in [2.24, 2.45) is 0 Å². The fourth-order valence-electron chi connectivity index (χ4n) is 0. The summed E-state index contributed by atoms with van der Waals surface area (Å²) in [5.74, 6) is 0. The second kappa shape index (κ2) is 10.6. The van der Waals surface area contributed by atoms with Crippen molar-refractivity contribution < 1.29 is 53.7 Å². The van der Waals surface area contributed by atoms with E-state index in [2.05, 4.69) is 0 Å². The van der Waals surface area contributed by atoms with Gasteiger partial charge in [-0.3, -0.25) is 0 Å². The summed E-state index contributed by atoms with van der Waals surface area (Å²) in [5.41, 5.74) is 0. The summed E-state index contributed by atoms with van der Waals surface area (Å²) in [6, 6.07) is 0. The third-order valence-electron chi connectivity index (χ3n) is 0. The number of carbonyl (C=O) groups is 1. The Balaban J connectivity index is -0.0000000383. The van der Waals surface area contributed by atoms with Crippen molar-refractivity contribution >= 4 is 32.8 Å². The molecule has 60 valence electrons. The Morgan fingerprint density at radius 1 is 1.09 bits per heavy atom. The molecule has 11 heavy (non-hydrogen) atoms. The van der Waals surface area contributed by atoms with E-state index in [1.807, 2.05) is 0 Å². The van der Waals surface area contributed by atoms with Crippen molar-refractivity contribution in [2.45, 2.75) is 0 Å². The first-order valence-corrected chi connectivity index (χ1v) is 3.00. The predicted octanol–water partition coefficient (Wildman–Crippen LogP) is -1.36. The van der Waals surface area contributed by atoms with Crippen LogP contribution in [-0.2, 0) is 24.0 Å². The quantitative estimate of drug-likeness (QED) is 0.257. The molecular formula is CH6LiO7PZn. The van der Waals surface area contributed by atoms with Crippen molar-refractivity contribution in [1.82, 2.24) is 0 Å². The Bertz CT molecular complexity index is 118. The first kappa shape index (κ1) is 22.6. The molecule has 0 saturated carbocycles. The molecule has 0 rings (SSSR count). The summed E-state index contributed by atoms with van der Waals surface area (Å²) in [5, 5.41) is 13.9. The van der Waals surface area contributed by atoms with Crippen molar-refractivity contribution in [2.75, 3.05) is 0 Å². The Morgan fingerprint density at radius 3 is 1.09 bits per heavy atom. The molecule has 0 bridgehead atoms. The number of hydrogen-bond donors (Lipinski definition) is 5. The number of phosphoric acid groups is 1. The molecule has 0 aromatic carbocycles. The van der Waals surface area contributed by atoms with Gasteiger partial charge < -0.3 is 24.9 Å². The Morgan fingerprint density at radius 2 is 1.09 bits per heavy atom. The average molecular weight is 233 g/mol. The van der Waals surface area contributed by atoms with Gasteiger partial charge in [0, 0.05) is 19.5 Å². The largest absolute Gasteiger partial charge is 0 e. The van der Waals surface area contributed by atoms with E-state index in [0.717, 1.165) is 0 Å². The molecule has 0 radical (unpaired) electrons. The van der Waals surface area contributed by atoms with Gasteiger partial charge in [-0.15, -0.1) is 0 Å². The van der Waals surface area contributed by atoms with Crippen LogP contribution in [0.15, 0.2) is 0 Å². The molecule has 0 aromatic rings. The van der Waals surface area contributed by atoms with Gasteiger partial charge >= 0.3 is 32.8 Å². The van der Waals surface area contributed by atoms with Crippen molar-refractivity contribution in [3.63, 3.8) is 0 Å². The van der Waals surface area contributed by atoms with Crippen LogP contribution in [0.2, 0.25) is 0 Å². The SMILES string of the molecule is O=C(O)O.O=P(O)(O)O.[LiH].[Zn]. The predicted molar refractivity (Wildman–Crippen MR) is 32.1 cm³/mol. The van der Waals surface area contributed by atoms with Crippen LogP contribution < -0.4 is 0 Å². The van der Waals surface area contributed by atoms with Gasteiger partial charge in [-0.05, 0) is 0 Å². The van der Waals surface area contributed by atoms with Crippen molar-refractivity contribution in [1.29, 1.82) is 0 Å². The van der Waals surface area contributed by atoms with Gasteiger partial charge in [-0.25, -0.2) is 9.36 Å². The molecule has 0 spiro atoms. The fourth-order valence-corrected chi connectivity index (χ4v) is 0. The third kappa shape index (κ3) is 2170. The first-order chi connectivity index (χ1) is 3.73. The molecule has 0 heterocycles. The fraction of sp³-hybridized carbons (Fsp3) is 0. The van der Waals surface area contributed by atoms with E-state index in [1.165, 1.54) is 0 Å². The zero-order valence-corrected chi connectivity index (χ0v) is 8.57. The smallest absolute Gasteiger partial charge is 0 e. The summed E-state index contributed by atoms with van der Waals surface area (Å²) in [7, 11) is -4.64. The molecule has 10 heteroatoms. The number of rotatable bonds is 0. The van der Waals surface area contributed by atoms with E-state index in [0.29, 0.717) is 0 Å². The molecule has 0 atom stereocenters. The molecule has 0 aromatic heterocycles. The summed E-state index contributed by atoms with van der Waals surface area (Å²) in [6.45, 7) is 0. The van der Waals surface area contributed by atoms with Crippen LogP contribution in [0, 0.1) is 0 Å². The molecule has 0 fully saturated rings. The van der Waals surface area contributed by atoms with Gasteiger partial charge in [-0.2, -0.15) is 0 Å². The summed E-state index contributed by atoms with van der Waals surface area (Å²) < 4.78 is 8.88. The molecular weight excluding hydrogens is 227 g/mol. The molecule has 0 saturated heterocycles. The molecule has 7 nitrogen and oxygen atoms in total. The standard InChI is InChI=1S/CH2O3.Li.H3O4P.Zn.H/c2-1(3)4;;1-5(2,3)4;;/h(H2,2,3,4);;(H3,1,2,3,4);;. The number of carboxylic acid groups (broad SMARTS) is 2. The van der Waals surface area contributed by atoms with Gasteiger partial charge in [0.25, 0.3) is 0 Å². The average Bonchev–Trinajstić information content (AvgIpc) is 1.19. The number of hydrogen-bond acceptors (Lipinski definition) is 2. The molecule has 0 aliphatic carbocycles. The Labute approximate surface area is 86.6 Å². The molecule has 0 unspecified atom stereocenters. The molecule has 0 amide bonds. The van der Waals surface area contributed by atoms with Crippen LogP contribution in [0.4, 0.5) is 4.79 Å². The maximum Gasteiger partial charge on any atom is 0 e. The topological polar surface area (TPSA) is 135 Å². The van der Waals surface area contributed by atoms with Gasteiger partial charge in [0.1, 0.15) is 0 Å². The van der Waals surface area contributed by atoms with E-state index >= 15 is 0 Å². The first-order valence-electron chi connectivity index (χ1n) is 1.43. The molecule has 0 aliphatic heterocycles. The minimum absolute atomic E-state index is 0. The summed E-state index contributed by atoms with van der Waals surface area (Å²) in [4.78, 5) is 30.1. The van der Waals surface area contributed by atoms with E-state index < -0.39 is 14.0 Å². The van der Waals surface area contributed by atoms with Crippen LogP contribution >= 0.6 is 7.82 Å². The maximum atomic E-state index is 8.88. The monoisotopic (exact) mass is 232 g/mol. The van der Waals surface area contributed by atoms with E-state index in [4.69, 9.17) is 34.3 Å². The van der Waals surface area contributed by atoms with Crippen molar-refractivity contribution in [3.05, 3.63) is 0 Å². The maximum absolute atomic E-state index is 8.88. The normalized spacial score (nSPS) is 7.55. The zero-order valence-electron chi connectivity index (χ0n) is 4.71. The summed E-state index contributed by atoms with van der Waals surface area (Å²) in [6.07, 6.45) is -1.83. The van der Waals surface area contributed by atoms with Crippen molar-refractivity contribution in [3.8, 4) is 0 Å². The van der Waals surface area contributed by atoms with Crippen LogP contribution in [0.1, 0.15) is 0 Å². The minimum Gasteiger partial charge on any atom is 0 e.